The molecule has 5 aliphatic rings. The standard InChI is InChI=1S/C35H58O5Si/c1-20(2)24-14-12-22(5)16-28(24)38-33(36)31-26-19-35(7,8)27(18-30(26)40-41(9,10)11)32(31)34(37)39-29-17-23(6)13-15-25(29)21(3)4/h18,20-29H,12-17,19H2,1-11H3/t22-,23-,24+,25+,26?,27?,28-,29-/m1/s1. The molecule has 2 saturated carbocycles. The highest BCUT2D eigenvalue weighted by atomic mass is 28.4. The minimum absolute atomic E-state index is 0.120. The van der Waals surface area contributed by atoms with Gasteiger partial charge >= 0.3 is 11.9 Å². The molecular formula is C35H58O5Si. The number of ether oxygens (including phenoxy) is 2. The van der Waals surface area contributed by atoms with Crippen molar-refractivity contribution in [2.45, 2.75) is 132 Å². The molecule has 0 aromatic carbocycles. The van der Waals surface area contributed by atoms with Crippen molar-refractivity contribution in [3.05, 3.63) is 23.0 Å². The number of rotatable bonds is 8. The van der Waals surface area contributed by atoms with E-state index in [0.29, 0.717) is 46.7 Å². The van der Waals surface area contributed by atoms with E-state index in [1.54, 1.807) is 0 Å². The van der Waals surface area contributed by atoms with Gasteiger partial charge in [0, 0.05) is 11.8 Å². The first kappa shape index (κ1) is 32.4. The van der Waals surface area contributed by atoms with Gasteiger partial charge in [-0.1, -0.05) is 68.2 Å². The van der Waals surface area contributed by atoms with Crippen LogP contribution < -0.4 is 0 Å². The number of allylic oxidation sites excluding steroid dienone is 2. The molecular weight excluding hydrogens is 528 g/mol. The summed E-state index contributed by atoms with van der Waals surface area (Å²) in [6, 6.07) is 0. The zero-order valence-electron chi connectivity index (χ0n) is 27.8. The molecule has 0 aromatic heterocycles. The Bertz CT molecular complexity index is 1050. The summed E-state index contributed by atoms with van der Waals surface area (Å²) in [6.45, 7) is 24.4. The van der Waals surface area contributed by atoms with Crippen molar-refractivity contribution in [3.63, 3.8) is 0 Å². The molecule has 0 amide bonds. The van der Waals surface area contributed by atoms with Crippen LogP contribution in [0.2, 0.25) is 19.6 Å². The smallest absolute Gasteiger partial charge is 0.335 e. The van der Waals surface area contributed by atoms with Crippen LogP contribution in [0.5, 0.6) is 0 Å². The van der Waals surface area contributed by atoms with Gasteiger partial charge in [0.15, 0.2) is 0 Å². The predicted octanol–water partition coefficient (Wildman–Crippen LogP) is 8.70. The molecule has 5 aliphatic carbocycles. The van der Waals surface area contributed by atoms with Crippen LogP contribution in [-0.2, 0) is 23.5 Å². The minimum atomic E-state index is -1.94. The Labute approximate surface area is 251 Å². The first-order chi connectivity index (χ1) is 19.0. The van der Waals surface area contributed by atoms with E-state index in [9.17, 15) is 9.59 Å². The van der Waals surface area contributed by atoms with Gasteiger partial charge in [-0.15, -0.1) is 0 Å². The van der Waals surface area contributed by atoms with Crippen molar-refractivity contribution in [2.75, 3.05) is 0 Å². The van der Waals surface area contributed by atoms with Crippen LogP contribution in [0.15, 0.2) is 23.0 Å². The van der Waals surface area contributed by atoms with Crippen molar-refractivity contribution in [3.8, 4) is 0 Å². The Balaban J connectivity index is 1.73. The second kappa shape index (κ2) is 12.2. The number of esters is 2. The number of carbonyl (C=O) groups excluding carboxylic acids is 2. The van der Waals surface area contributed by atoms with Crippen LogP contribution in [0.1, 0.15) is 100 Å². The number of hydrogen-bond acceptors (Lipinski definition) is 5. The maximum Gasteiger partial charge on any atom is 0.335 e. The molecule has 232 valence electrons. The van der Waals surface area contributed by atoms with Crippen LogP contribution in [-0.4, -0.2) is 32.5 Å². The fraction of sp³-hybridized carbons (Fsp3) is 0.829. The fourth-order valence-corrected chi connectivity index (χ4v) is 9.10. The average Bonchev–Trinajstić information content (AvgIpc) is 2.82. The van der Waals surface area contributed by atoms with Crippen molar-refractivity contribution >= 4 is 20.3 Å². The maximum absolute atomic E-state index is 14.3. The Morgan fingerprint density at radius 2 is 1.27 bits per heavy atom. The molecule has 0 aromatic rings. The summed E-state index contributed by atoms with van der Waals surface area (Å²) in [6.07, 6.45) is 8.92. The van der Waals surface area contributed by atoms with Gasteiger partial charge in [-0.3, -0.25) is 0 Å². The predicted molar refractivity (Wildman–Crippen MR) is 167 cm³/mol. The molecule has 5 rings (SSSR count). The Morgan fingerprint density at radius 1 is 0.805 bits per heavy atom. The lowest BCUT2D eigenvalue weighted by Crippen LogP contribution is -2.47. The summed E-state index contributed by atoms with van der Waals surface area (Å²) in [5, 5.41) is 0. The van der Waals surface area contributed by atoms with Crippen molar-refractivity contribution in [1.29, 1.82) is 0 Å². The van der Waals surface area contributed by atoms with Gasteiger partial charge in [-0.2, -0.15) is 0 Å². The number of carbonyl (C=O) groups is 2. The van der Waals surface area contributed by atoms with Gasteiger partial charge in [0.2, 0.25) is 8.32 Å². The van der Waals surface area contributed by atoms with Gasteiger partial charge in [0.05, 0.1) is 16.9 Å². The quantitative estimate of drug-likeness (QED) is 0.210. The topological polar surface area (TPSA) is 61.8 Å². The Hall–Kier alpha value is -1.56. The SMILES string of the molecule is CC(C)[C@@H]1CC[C@@H](C)C[C@H]1OC(=O)C1=C(C(=O)O[C@@H]2C[C@H](C)CC[C@H]2C(C)C)C2C=C(O[Si](C)(C)C)C1CC2(C)C. The molecule has 0 saturated heterocycles. The summed E-state index contributed by atoms with van der Waals surface area (Å²) < 4.78 is 19.5. The molecule has 2 fully saturated rings. The molecule has 6 heteroatoms. The molecule has 0 aliphatic heterocycles. The summed E-state index contributed by atoms with van der Waals surface area (Å²) in [5.74, 6) is 2.32. The lowest BCUT2D eigenvalue weighted by atomic mass is 9.58. The Morgan fingerprint density at radius 3 is 1.71 bits per heavy atom. The van der Waals surface area contributed by atoms with Crippen LogP contribution >= 0.6 is 0 Å². The molecule has 0 heterocycles. The highest BCUT2D eigenvalue weighted by molar-refractivity contribution is 6.70. The van der Waals surface area contributed by atoms with Crippen LogP contribution in [0.3, 0.4) is 0 Å². The Kier molecular flexibility index (Phi) is 9.63. The molecule has 5 nitrogen and oxygen atoms in total. The highest BCUT2D eigenvalue weighted by Crippen LogP contribution is 2.55. The van der Waals surface area contributed by atoms with E-state index < -0.39 is 8.32 Å². The van der Waals surface area contributed by atoms with E-state index in [1.165, 1.54) is 12.8 Å². The number of fused-ring (bicyclic) bond motifs is 1. The maximum atomic E-state index is 14.3. The lowest BCUT2D eigenvalue weighted by molar-refractivity contribution is -0.157. The van der Waals surface area contributed by atoms with Crippen LogP contribution in [0.4, 0.5) is 0 Å². The minimum Gasteiger partial charge on any atom is -0.547 e. The van der Waals surface area contributed by atoms with Gasteiger partial charge in [0.25, 0.3) is 0 Å². The summed E-state index contributed by atoms with van der Waals surface area (Å²) in [7, 11) is -1.94. The normalized spacial score (nSPS) is 35.4. The second-order valence-corrected chi connectivity index (χ2v) is 20.8. The average molecular weight is 587 g/mol. The van der Waals surface area contributed by atoms with E-state index in [-0.39, 0.29) is 41.4 Å². The van der Waals surface area contributed by atoms with E-state index in [0.717, 1.165) is 37.9 Å². The molecule has 2 unspecified atom stereocenters. The van der Waals surface area contributed by atoms with E-state index in [1.807, 2.05) is 0 Å². The van der Waals surface area contributed by atoms with Gasteiger partial charge in [-0.25, -0.2) is 9.59 Å². The van der Waals surface area contributed by atoms with E-state index in [4.69, 9.17) is 13.9 Å². The molecule has 0 radical (unpaired) electrons. The third kappa shape index (κ3) is 7.16. The molecule has 0 N–H and O–H groups in total. The molecule has 41 heavy (non-hydrogen) atoms. The molecule has 0 spiro atoms. The summed E-state index contributed by atoms with van der Waals surface area (Å²) in [4.78, 5) is 28.6. The van der Waals surface area contributed by atoms with Gasteiger partial charge in [0.1, 0.15) is 12.2 Å². The molecule has 2 bridgehead atoms. The highest BCUT2D eigenvalue weighted by Gasteiger charge is 2.53. The first-order valence-corrected chi connectivity index (χ1v) is 20.0. The largest absolute Gasteiger partial charge is 0.547 e. The second-order valence-electron chi connectivity index (χ2n) is 16.4. The van der Waals surface area contributed by atoms with Gasteiger partial charge < -0.3 is 13.9 Å². The monoisotopic (exact) mass is 586 g/mol. The fourth-order valence-electron chi connectivity index (χ4n) is 8.18. The third-order valence-corrected chi connectivity index (χ3v) is 11.3. The summed E-state index contributed by atoms with van der Waals surface area (Å²) >= 11 is 0. The van der Waals surface area contributed by atoms with Crippen LogP contribution in [0.25, 0.3) is 0 Å². The first-order valence-electron chi connectivity index (χ1n) is 16.5. The zero-order chi connectivity index (χ0) is 30.4. The van der Waals surface area contributed by atoms with Crippen molar-refractivity contribution < 1.29 is 23.5 Å². The number of hydrogen-bond donors (Lipinski definition) is 0. The van der Waals surface area contributed by atoms with E-state index >= 15 is 0 Å². The molecule has 8 atom stereocenters. The third-order valence-electron chi connectivity index (χ3n) is 10.5. The van der Waals surface area contributed by atoms with Gasteiger partial charge in [-0.05, 0) is 98.7 Å². The zero-order valence-corrected chi connectivity index (χ0v) is 28.8. The van der Waals surface area contributed by atoms with Crippen molar-refractivity contribution in [2.24, 2.45) is 52.8 Å². The summed E-state index contributed by atoms with van der Waals surface area (Å²) in [5.41, 5.74) is 0.859. The van der Waals surface area contributed by atoms with E-state index in [2.05, 4.69) is 81.1 Å². The lowest BCUT2D eigenvalue weighted by Gasteiger charge is -2.49. The van der Waals surface area contributed by atoms with Crippen molar-refractivity contribution in [1.82, 2.24) is 0 Å². The van der Waals surface area contributed by atoms with Crippen LogP contribution in [0, 0.1) is 52.8 Å².